The second kappa shape index (κ2) is 9.07. The first-order chi connectivity index (χ1) is 11.8. The maximum atomic E-state index is 13.2. The molecule has 7 heteroatoms. The van der Waals surface area contributed by atoms with Crippen molar-refractivity contribution in [3.05, 3.63) is 53.8 Å². The van der Waals surface area contributed by atoms with Gasteiger partial charge in [0.05, 0.1) is 6.61 Å². The molecule has 0 aromatic heterocycles. The zero-order valence-corrected chi connectivity index (χ0v) is 15.1. The van der Waals surface area contributed by atoms with Crippen molar-refractivity contribution >= 4 is 12.4 Å². The highest BCUT2D eigenvalue weighted by molar-refractivity contribution is 5.85. The van der Waals surface area contributed by atoms with E-state index in [1.54, 1.807) is 0 Å². The van der Waals surface area contributed by atoms with Crippen LogP contribution in [0.5, 0.6) is 17.2 Å². The number of ether oxygens (including phenoxy) is 3. The number of benzene rings is 2. The third-order valence-electron chi connectivity index (χ3n) is 4.71. The van der Waals surface area contributed by atoms with Gasteiger partial charge in [-0.1, -0.05) is 12.1 Å². The Morgan fingerprint density at radius 2 is 1.85 bits per heavy atom. The van der Waals surface area contributed by atoms with Crippen LogP contribution in [0.25, 0.3) is 0 Å². The zero-order chi connectivity index (χ0) is 16.4. The van der Waals surface area contributed by atoms with Crippen molar-refractivity contribution in [2.24, 2.45) is 5.92 Å². The molecule has 0 radical (unpaired) electrons. The van der Waals surface area contributed by atoms with Crippen LogP contribution in [0.15, 0.2) is 42.5 Å². The van der Waals surface area contributed by atoms with Crippen LogP contribution in [0.1, 0.15) is 17.9 Å². The molecule has 0 bridgehead atoms. The number of hydrogen-bond donors (Lipinski definition) is 1. The third kappa shape index (κ3) is 4.38. The lowest BCUT2D eigenvalue weighted by Crippen LogP contribution is -2.38. The Morgan fingerprint density at radius 3 is 2.65 bits per heavy atom. The number of rotatable bonds is 4. The van der Waals surface area contributed by atoms with Crippen LogP contribution in [0.2, 0.25) is 0 Å². The van der Waals surface area contributed by atoms with Gasteiger partial charge in [-0.05, 0) is 48.7 Å². The van der Waals surface area contributed by atoms with Gasteiger partial charge in [-0.2, -0.15) is 0 Å². The normalized spacial score (nSPS) is 20.7. The summed E-state index contributed by atoms with van der Waals surface area (Å²) in [6, 6.07) is 12.5. The molecule has 5 nitrogen and oxygen atoms in total. The van der Waals surface area contributed by atoms with Crippen molar-refractivity contribution in [1.82, 2.24) is 5.32 Å². The summed E-state index contributed by atoms with van der Waals surface area (Å²) >= 11 is 0. The molecule has 0 saturated carbocycles. The summed E-state index contributed by atoms with van der Waals surface area (Å²) in [4.78, 5) is 0. The fourth-order valence-electron chi connectivity index (χ4n) is 3.42. The molecule has 1 fully saturated rings. The predicted octanol–water partition coefficient (Wildman–Crippen LogP) is 2.92. The van der Waals surface area contributed by atoms with E-state index in [0.717, 1.165) is 36.8 Å². The minimum absolute atomic E-state index is 0. The van der Waals surface area contributed by atoms with Crippen LogP contribution in [0.4, 0.5) is 4.39 Å². The molecule has 26 heavy (non-hydrogen) atoms. The highest BCUT2D eigenvalue weighted by Gasteiger charge is 2.27. The van der Waals surface area contributed by atoms with Crippen LogP contribution < -0.4 is 19.5 Å². The number of halogens is 2. The lowest BCUT2D eigenvalue weighted by atomic mass is 9.81. The molecule has 2 atom stereocenters. The minimum atomic E-state index is -0.194. The van der Waals surface area contributed by atoms with E-state index >= 15 is 0 Å². The Balaban J connectivity index is 0.00000121. The van der Waals surface area contributed by atoms with Gasteiger partial charge in [-0.15, -0.1) is 12.4 Å². The molecule has 0 aliphatic carbocycles. The van der Waals surface area contributed by atoms with Crippen molar-refractivity contribution < 1.29 is 24.1 Å². The molecule has 0 spiro atoms. The molecule has 2 heterocycles. The van der Waals surface area contributed by atoms with E-state index in [1.165, 1.54) is 17.7 Å². The van der Waals surface area contributed by atoms with Crippen molar-refractivity contribution in [1.29, 1.82) is 0 Å². The van der Waals surface area contributed by atoms with Crippen LogP contribution in [0, 0.1) is 11.7 Å². The molecule has 142 valence electrons. The summed E-state index contributed by atoms with van der Waals surface area (Å²) in [7, 11) is 0. The summed E-state index contributed by atoms with van der Waals surface area (Å²) < 4.78 is 29.9. The van der Waals surface area contributed by atoms with Gasteiger partial charge in [0.2, 0.25) is 6.79 Å². The van der Waals surface area contributed by atoms with E-state index in [1.807, 2.05) is 30.3 Å². The van der Waals surface area contributed by atoms with Gasteiger partial charge in [0.1, 0.15) is 11.6 Å². The summed E-state index contributed by atoms with van der Waals surface area (Å²) in [6.07, 6.45) is 1.03. The van der Waals surface area contributed by atoms with Gasteiger partial charge in [0.15, 0.2) is 11.5 Å². The molecule has 2 aromatic rings. The molecule has 2 aliphatic rings. The summed E-state index contributed by atoms with van der Waals surface area (Å²) in [5.74, 6) is 2.79. The minimum Gasteiger partial charge on any atom is -0.493 e. The monoisotopic (exact) mass is 383 g/mol. The van der Waals surface area contributed by atoms with Crippen LogP contribution in [-0.2, 0) is 0 Å². The van der Waals surface area contributed by atoms with E-state index in [0.29, 0.717) is 18.4 Å². The van der Waals surface area contributed by atoms with Gasteiger partial charge in [-0.25, -0.2) is 4.39 Å². The van der Waals surface area contributed by atoms with E-state index in [9.17, 15) is 4.39 Å². The first-order valence-corrected chi connectivity index (χ1v) is 8.28. The number of fused-ring (bicyclic) bond motifs is 1. The van der Waals surface area contributed by atoms with E-state index in [-0.39, 0.29) is 30.5 Å². The Morgan fingerprint density at radius 1 is 1.08 bits per heavy atom. The number of nitrogens with one attached hydrogen (secondary N) is 1. The van der Waals surface area contributed by atoms with Crippen molar-refractivity contribution in [3.63, 3.8) is 0 Å². The molecule has 2 aromatic carbocycles. The van der Waals surface area contributed by atoms with Crippen LogP contribution in [0.3, 0.4) is 0 Å². The van der Waals surface area contributed by atoms with Crippen molar-refractivity contribution in [2.75, 3.05) is 26.5 Å². The third-order valence-corrected chi connectivity index (χ3v) is 4.71. The summed E-state index contributed by atoms with van der Waals surface area (Å²) in [6.45, 7) is 2.74. The first kappa shape index (κ1) is 20.3. The zero-order valence-electron chi connectivity index (χ0n) is 14.2. The molecular formula is C19H23ClFNO4. The average Bonchev–Trinajstić information content (AvgIpc) is 3.09. The predicted molar refractivity (Wildman–Crippen MR) is 99.0 cm³/mol. The molecular weight excluding hydrogens is 361 g/mol. The van der Waals surface area contributed by atoms with Gasteiger partial charge >= 0.3 is 0 Å². The smallest absolute Gasteiger partial charge is 0.231 e. The fraction of sp³-hybridized carbons (Fsp3) is 0.368. The van der Waals surface area contributed by atoms with Crippen molar-refractivity contribution in [3.8, 4) is 17.2 Å². The summed E-state index contributed by atoms with van der Waals surface area (Å²) in [5.41, 5.74) is 1.18. The first-order valence-electron chi connectivity index (χ1n) is 8.28. The number of hydrogen-bond acceptors (Lipinski definition) is 4. The molecule has 4 rings (SSSR count). The van der Waals surface area contributed by atoms with Gasteiger partial charge in [0, 0.05) is 18.5 Å². The highest BCUT2D eigenvalue weighted by Crippen LogP contribution is 2.36. The molecule has 3 N–H and O–H groups in total. The quantitative estimate of drug-likeness (QED) is 0.881. The van der Waals surface area contributed by atoms with Gasteiger partial charge < -0.3 is 25.0 Å². The van der Waals surface area contributed by atoms with Gasteiger partial charge in [0.25, 0.3) is 0 Å². The van der Waals surface area contributed by atoms with Gasteiger partial charge in [-0.3, -0.25) is 0 Å². The highest BCUT2D eigenvalue weighted by atomic mass is 35.5. The maximum absolute atomic E-state index is 13.2. The van der Waals surface area contributed by atoms with E-state index in [4.69, 9.17) is 14.2 Å². The maximum Gasteiger partial charge on any atom is 0.231 e. The Kier molecular flexibility index (Phi) is 7.08. The topological polar surface area (TPSA) is 71.2 Å². The standard InChI is InChI=1S/C19H20FNO3.ClH.H2O/c20-15-3-1-13(2-4-15)17-7-8-21-10-14(17)11-22-16-5-6-18-19(9-16)24-12-23-18;;/h1-6,9,14,17,21H,7-8,10-12H2;1H;1H2/t14-,17-;;/m0../s1. The molecule has 0 unspecified atom stereocenters. The Labute approximate surface area is 158 Å². The molecule has 1 saturated heterocycles. The second-order valence-electron chi connectivity index (χ2n) is 6.24. The molecule has 0 amide bonds. The van der Waals surface area contributed by atoms with Crippen LogP contribution >= 0.6 is 12.4 Å². The Bertz CT molecular complexity index is 713. The second-order valence-corrected chi connectivity index (χ2v) is 6.24. The summed E-state index contributed by atoms with van der Waals surface area (Å²) in [5, 5.41) is 3.43. The lowest BCUT2D eigenvalue weighted by Gasteiger charge is -2.32. The SMILES string of the molecule is Cl.Fc1ccc([C@@H]2CCNC[C@H]2COc2ccc3c(c2)OCO3)cc1.O. The van der Waals surface area contributed by atoms with E-state index < -0.39 is 0 Å². The average molecular weight is 384 g/mol. The molecule has 2 aliphatic heterocycles. The largest absolute Gasteiger partial charge is 0.493 e. The Hall–Kier alpha value is -2.02. The van der Waals surface area contributed by atoms with Crippen molar-refractivity contribution in [2.45, 2.75) is 12.3 Å². The lowest BCUT2D eigenvalue weighted by molar-refractivity contribution is 0.173. The van der Waals surface area contributed by atoms with Crippen LogP contribution in [-0.4, -0.2) is 32.0 Å². The van der Waals surface area contributed by atoms with E-state index in [2.05, 4.69) is 5.32 Å². The fourth-order valence-corrected chi connectivity index (χ4v) is 3.42. The number of piperidine rings is 1.